The lowest BCUT2D eigenvalue weighted by molar-refractivity contribution is -0.136. The van der Waals surface area contributed by atoms with Gasteiger partial charge >= 0.3 is 11.8 Å². The molecular formula is C21H18N4O2. The average molecular weight is 358 g/mol. The van der Waals surface area contributed by atoms with E-state index in [9.17, 15) is 9.59 Å². The Bertz CT molecular complexity index is 1130. The van der Waals surface area contributed by atoms with Crippen LogP contribution in [0, 0.1) is 0 Å². The fraction of sp³-hybridized carbons (Fsp3) is 0.0952. The Morgan fingerprint density at radius 3 is 2.70 bits per heavy atom. The first-order valence-electron chi connectivity index (χ1n) is 8.70. The molecular weight excluding hydrogens is 340 g/mol. The largest absolute Gasteiger partial charge is 0.361 e. The SMILES string of the molecule is O=C(NCCc1c[nH]c2ccccc12)C(=O)Nc1cccc2ncccc12. The van der Waals surface area contributed by atoms with Crippen LogP contribution in [0.3, 0.4) is 0 Å². The van der Waals surface area contributed by atoms with Crippen molar-refractivity contribution in [1.82, 2.24) is 15.3 Å². The highest BCUT2D eigenvalue weighted by Gasteiger charge is 2.15. The zero-order valence-electron chi connectivity index (χ0n) is 14.5. The number of amides is 2. The lowest BCUT2D eigenvalue weighted by Gasteiger charge is -2.08. The number of nitrogens with one attached hydrogen (secondary N) is 3. The van der Waals surface area contributed by atoms with Crippen LogP contribution in [0.5, 0.6) is 0 Å². The number of nitrogens with zero attached hydrogens (tertiary/aromatic N) is 1. The fourth-order valence-electron chi connectivity index (χ4n) is 3.12. The highest BCUT2D eigenvalue weighted by atomic mass is 16.2. The number of pyridine rings is 1. The second-order valence-corrected chi connectivity index (χ2v) is 6.20. The summed E-state index contributed by atoms with van der Waals surface area (Å²) in [6.07, 6.45) is 4.26. The highest BCUT2D eigenvalue weighted by molar-refractivity contribution is 6.40. The molecule has 0 radical (unpaired) electrons. The fourth-order valence-corrected chi connectivity index (χ4v) is 3.12. The second kappa shape index (κ2) is 7.29. The Labute approximate surface area is 155 Å². The van der Waals surface area contributed by atoms with Crippen molar-refractivity contribution < 1.29 is 9.59 Å². The van der Waals surface area contributed by atoms with Crippen LogP contribution in [0.25, 0.3) is 21.8 Å². The third-order valence-corrected chi connectivity index (χ3v) is 4.45. The molecule has 0 saturated carbocycles. The Hall–Kier alpha value is -3.67. The predicted octanol–water partition coefficient (Wildman–Crippen LogP) is 3.01. The van der Waals surface area contributed by atoms with Gasteiger partial charge in [-0.2, -0.15) is 0 Å². The third-order valence-electron chi connectivity index (χ3n) is 4.45. The smallest absolute Gasteiger partial charge is 0.313 e. The van der Waals surface area contributed by atoms with Gasteiger partial charge in [0.05, 0.1) is 11.2 Å². The van der Waals surface area contributed by atoms with Gasteiger partial charge in [0, 0.05) is 35.2 Å². The summed E-state index contributed by atoms with van der Waals surface area (Å²) in [4.78, 5) is 31.8. The lowest BCUT2D eigenvalue weighted by Crippen LogP contribution is -2.36. The number of carbonyl (C=O) groups is 2. The molecule has 0 atom stereocenters. The van der Waals surface area contributed by atoms with Crippen LogP contribution in [0.4, 0.5) is 5.69 Å². The topological polar surface area (TPSA) is 86.9 Å². The number of para-hydroxylation sites is 1. The minimum atomic E-state index is -0.690. The number of rotatable bonds is 4. The molecule has 134 valence electrons. The number of fused-ring (bicyclic) bond motifs is 2. The minimum absolute atomic E-state index is 0.380. The summed E-state index contributed by atoms with van der Waals surface area (Å²) >= 11 is 0. The van der Waals surface area contributed by atoms with Gasteiger partial charge in [0.15, 0.2) is 0 Å². The molecule has 0 saturated heterocycles. The van der Waals surface area contributed by atoms with E-state index in [1.807, 2.05) is 42.6 Å². The number of anilines is 1. The van der Waals surface area contributed by atoms with E-state index >= 15 is 0 Å². The van der Waals surface area contributed by atoms with Gasteiger partial charge in [0.25, 0.3) is 0 Å². The van der Waals surface area contributed by atoms with Crippen LogP contribution in [0.2, 0.25) is 0 Å². The molecule has 0 unspecified atom stereocenters. The van der Waals surface area contributed by atoms with Crippen molar-refractivity contribution in [2.24, 2.45) is 0 Å². The van der Waals surface area contributed by atoms with Gasteiger partial charge in [0.2, 0.25) is 0 Å². The molecule has 2 amide bonds. The van der Waals surface area contributed by atoms with Crippen molar-refractivity contribution in [1.29, 1.82) is 0 Å². The van der Waals surface area contributed by atoms with Crippen molar-refractivity contribution in [2.45, 2.75) is 6.42 Å². The molecule has 4 aromatic rings. The molecule has 0 aliphatic carbocycles. The summed E-state index contributed by atoms with van der Waals surface area (Å²) in [5.74, 6) is -1.35. The molecule has 3 N–H and O–H groups in total. The van der Waals surface area contributed by atoms with Gasteiger partial charge in [0.1, 0.15) is 0 Å². The first-order chi connectivity index (χ1) is 13.2. The standard InChI is InChI=1S/C21H18N4O2/c26-20(23-12-10-14-13-24-17-7-2-1-5-15(14)17)21(27)25-19-9-3-8-18-16(19)6-4-11-22-18/h1-9,11,13,24H,10,12H2,(H,23,26)(H,25,27). The number of hydrogen-bond donors (Lipinski definition) is 3. The summed E-state index contributed by atoms with van der Waals surface area (Å²) in [5.41, 5.74) is 3.49. The van der Waals surface area contributed by atoms with Crippen molar-refractivity contribution in [3.63, 3.8) is 0 Å². The molecule has 27 heavy (non-hydrogen) atoms. The maximum absolute atomic E-state index is 12.2. The van der Waals surface area contributed by atoms with Crippen LogP contribution in [-0.4, -0.2) is 28.3 Å². The summed E-state index contributed by atoms with van der Waals surface area (Å²) in [5, 5.41) is 7.25. The van der Waals surface area contributed by atoms with Gasteiger partial charge in [-0.3, -0.25) is 14.6 Å². The monoisotopic (exact) mass is 358 g/mol. The Balaban J connectivity index is 1.37. The van der Waals surface area contributed by atoms with Crippen molar-refractivity contribution in [3.05, 3.63) is 72.6 Å². The highest BCUT2D eigenvalue weighted by Crippen LogP contribution is 2.21. The third kappa shape index (κ3) is 3.50. The van der Waals surface area contributed by atoms with Gasteiger partial charge < -0.3 is 15.6 Å². The van der Waals surface area contributed by atoms with E-state index < -0.39 is 11.8 Å². The molecule has 0 aliphatic heterocycles. The van der Waals surface area contributed by atoms with E-state index in [0.29, 0.717) is 18.7 Å². The summed E-state index contributed by atoms with van der Waals surface area (Å²) < 4.78 is 0. The Kier molecular flexibility index (Phi) is 4.53. The Morgan fingerprint density at radius 2 is 1.78 bits per heavy atom. The molecule has 6 nitrogen and oxygen atoms in total. The molecule has 2 aromatic heterocycles. The van der Waals surface area contributed by atoms with E-state index in [4.69, 9.17) is 0 Å². The van der Waals surface area contributed by atoms with Gasteiger partial charge in [-0.05, 0) is 42.3 Å². The molecule has 4 rings (SSSR count). The van der Waals surface area contributed by atoms with Crippen LogP contribution >= 0.6 is 0 Å². The first-order valence-corrected chi connectivity index (χ1v) is 8.70. The predicted molar refractivity (Wildman–Crippen MR) is 105 cm³/mol. The average Bonchev–Trinajstić information content (AvgIpc) is 3.11. The number of carbonyl (C=O) groups excluding carboxylic acids is 2. The zero-order chi connectivity index (χ0) is 18.6. The molecule has 0 fully saturated rings. The zero-order valence-corrected chi connectivity index (χ0v) is 14.5. The molecule has 2 heterocycles. The molecule has 2 aromatic carbocycles. The second-order valence-electron chi connectivity index (χ2n) is 6.20. The van der Waals surface area contributed by atoms with E-state index in [2.05, 4.69) is 20.6 Å². The summed E-state index contributed by atoms with van der Waals surface area (Å²) in [6.45, 7) is 0.380. The van der Waals surface area contributed by atoms with Crippen molar-refractivity contribution in [2.75, 3.05) is 11.9 Å². The number of benzene rings is 2. The molecule has 0 aliphatic rings. The lowest BCUT2D eigenvalue weighted by atomic mass is 10.1. The molecule has 6 heteroatoms. The number of aromatic amines is 1. The van der Waals surface area contributed by atoms with Crippen LogP contribution < -0.4 is 10.6 Å². The van der Waals surface area contributed by atoms with E-state index in [1.54, 1.807) is 24.4 Å². The van der Waals surface area contributed by atoms with E-state index in [1.165, 1.54) is 0 Å². The number of hydrogen-bond acceptors (Lipinski definition) is 3. The van der Waals surface area contributed by atoms with Gasteiger partial charge in [-0.15, -0.1) is 0 Å². The number of aromatic nitrogens is 2. The minimum Gasteiger partial charge on any atom is -0.361 e. The van der Waals surface area contributed by atoms with E-state index in [-0.39, 0.29) is 0 Å². The maximum atomic E-state index is 12.2. The van der Waals surface area contributed by atoms with E-state index in [0.717, 1.165) is 27.4 Å². The first kappa shape index (κ1) is 16.8. The normalized spacial score (nSPS) is 10.8. The molecule has 0 bridgehead atoms. The van der Waals surface area contributed by atoms with Crippen LogP contribution in [0.15, 0.2) is 67.0 Å². The summed E-state index contributed by atoms with van der Waals surface area (Å²) in [6, 6.07) is 17.0. The molecule has 0 spiro atoms. The van der Waals surface area contributed by atoms with Crippen molar-refractivity contribution in [3.8, 4) is 0 Å². The van der Waals surface area contributed by atoms with Crippen molar-refractivity contribution >= 4 is 39.3 Å². The van der Waals surface area contributed by atoms with Crippen LogP contribution in [0.1, 0.15) is 5.56 Å². The summed E-state index contributed by atoms with van der Waals surface area (Å²) in [7, 11) is 0. The van der Waals surface area contributed by atoms with Crippen LogP contribution in [-0.2, 0) is 16.0 Å². The quantitative estimate of drug-likeness (QED) is 0.490. The Morgan fingerprint density at radius 1 is 0.926 bits per heavy atom. The van der Waals surface area contributed by atoms with Gasteiger partial charge in [-0.1, -0.05) is 24.3 Å². The number of H-pyrrole nitrogens is 1. The van der Waals surface area contributed by atoms with Gasteiger partial charge in [-0.25, -0.2) is 0 Å². The maximum Gasteiger partial charge on any atom is 0.313 e.